The van der Waals surface area contributed by atoms with Gasteiger partial charge in [-0.1, -0.05) is 51.5 Å². The molecule has 0 aliphatic heterocycles. The van der Waals surface area contributed by atoms with E-state index in [1.54, 1.807) is 13.0 Å². The first-order chi connectivity index (χ1) is 13.2. The molecule has 7 heteroatoms. The van der Waals surface area contributed by atoms with Gasteiger partial charge in [-0.3, -0.25) is 9.59 Å². The molecule has 0 fully saturated rings. The summed E-state index contributed by atoms with van der Waals surface area (Å²) in [5.41, 5.74) is 0.00684. The van der Waals surface area contributed by atoms with Gasteiger partial charge in [-0.25, -0.2) is 4.79 Å². The maximum atomic E-state index is 12.1. The number of allylic oxidation sites excluding steroid dienone is 3. The van der Waals surface area contributed by atoms with Crippen LogP contribution >= 0.6 is 0 Å². The smallest absolute Gasteiger partial charge is 0.357 e. The Bertz CT molecular complexity index is 645. The molecule has 0 aromatic heterocycles. The van der Waals surface area contributed by atoms with Crippen molar-refractivity contribution in [2.24, 2.45) is 5.92 Å². The lowest BCUT2D eigenvalue weighted by molar-refractivity contribution is -0.137. The standard InChI is InChI=1S/C21H32N2O5/c1-15(2)12-10-8-7-9-11-13-16(3)19(24)22-17(4)20(25)23-18(14-27-5)21(26)28-6/h9,11,13-15H,4,7-8,10,12H2,1-3,5-6H3,(H,22,24)(H,23,25)/b11-9+,16-13+,18-14-. The minimum absolute atomic E-state index is 0.207. The van der Waals surface area contributed by atoms with Gasteiger partial charge >= 0.3 is 5.97 Å². The van der Waals surface area contributed by atoms with Crippen LogP contribution in [0.15, 0.2) is 48.0 Å². The number of amides is 2. The molecule has 0 saturated carbocycles. The Labute approximate surface area is 167 Å². The molecule has 0 unspecified atom stereocenters. The van der Waals surface area contributed by atoms with Crippen molar-refractivity contribution in [3.05, 3.63) is 48.0 Å². The molecule has 0 bridgehead atoms. The van der Waals surface area contributed by atoms with E-state index in [0.29, 0.717) is 11.5 Å². The first-order valence-corrected chi connectivity index (χ1v) is 9.19. The van der Waals surface area contributed by atoms with E-state index in [1.165, 1.54) is 27.1 Å². The highest BCUT2D eigenvalue weighted by Gasteiger charge is 2.17. The zero-order valence-corrected chi connectivity index (χ0v) is 17.5. The minimum atomic E-state index is -0.788. The van der Waals surface area contributed by atoms with Crippen molar-refractivity contribution in [3.8, 4) is 0 Å². The van der Waals surface area contributed by atoms with Gasteiger partial charge in [0.2, 0.25) is 0 Å². The maximum absolute atomic E-state index is 12.1. The van der Waals surface area contributed by atoms with Gasteiger partial charge in [0.15, 0.2) is 5.70 Å². The highest BCUT2D eigenvalue weighted by molar-refractivity contribution is 6.04. The quantitative estimate of drug-likeness (QED) is 0.175. The van der Waals surface area contributed by atoms with Crippen molar-refractivity contribution < 1.29 is 23.9 Å². The van der Waals surface area contributed by atoms with Gasteiger partial charge in [0.05, 0.1) is 19.9 Å². The van der Waals surface area contributed by atoms with E-state index in [1.807, 2.05) is 12.2 Å². The number of rotatable bonds is 12. The van der Waals surface area contributed by atoms with Crippen LogP contribution in [0.25, 0.3) is 0 Å². The lowest BCUT2D eigenvalue weighted by Crippen LogP contribution is -2.36. The van der Waals surface area contributed by atoms with E-state index in [-0.39, 0.29) is 11.4 Å². The lowest BCUT2D eigenvalue weighted by Gasteiger charge is -2.10. The monoisotopic (exact) mass is 392 g/mol. The van der Waals surface area contributed by atoms with Crippen LogP contribution in [0.3, 0.4) is 0 Å². The van der Waals surface area contributed by atoms with E-state index in [2.05, 4.69) is 35.8 Å². The molecule has 0 heterocycles. The molecule has 28 heavy (non-hydrogen) atoms. The topological polar surface area (TPSA) is 93.7 Å². The van der Waals surface area contributed by atoms with Gasteiger partial charge in [-0.15, -0.1) is 0 Å². The number of ether oxygens (including phenoxy) is 2. The first-order valence-electron chi connectivity index (χ1n) is 9.19. The third-order valence-corrected chi connectivity index (χ3v) is 3.67. The van der Waals surface area contributed by atoms with Crippen molar-refractivity contribution >= 4 is 17.8 Å². The van der Waals surface area contributed by atoms with Gasteiger partial charge < -0.3 is 20.1 Å². The van der Waals surface area contributed by atoms with E-state index in [4.69, 9.17) is 4.74 Å². The van der Waals surface area contributed by atoms with Crippen LogP contribution in [0.4, 0.5) is 0 Å². The Morgan fingerprint density at radius 1 is 1.07 bits per heavy atom. The molecule has 2 amide bonds. The number of unbranched alkanes of at least 4 members (excludes halogenated alkanes) is 2. The molecule has 0 saturated heterocycles. The van der Waals surface area contributed by atoms with Gasteiger partial charge in [0.1, 0.15) is 6.26 Å². The number of carbonyl (C=O) groups is 3. The first kappa shape index (κ1) is 25.2. The average Bonchev–Trinajstić information content (AvgIpc) is 2.65. The van der Waals surface area contributed by atoms with E-state index < -0.39 is 17.8 Å². The molecule has 0 spiro atoms. The summed E-state index contributed by atoms with van der Waals surface area (Å²) < 4.78 is 9.23. The van der Waals surface area contributed by atoms with Gasteiger partial charge in [-0.2, -0.15) is 0 Å². The van der Waals surface area contributed by atoms with E-state index >= 15 is 0 Å². The minimum Gasteiger partial charge on any atom is -0.502 e. The van der Waals surface area contributed by atoms with Crippen molar-refractivity contribution in [2.75, 3.05) is 14.2 Å². The van der Waals surface area contributed by atoms with Crippen LogP contribution in [-0.4, -0.2) is 32.0 Å². The van der Waals surface area contributed by atoms with E-state index in [0.717, 1.165) is 19.1 Å². The molecule has 0 radical (unpaired) electrons. The fourth-order valence-corrected chi connectivity index (χ4v) is 2.05. The number of carbonyl (C=O) groups excluding carboxylic acids is 3. The number of hydrogen-bond donors (Lipinski definition) is 2. The molecule has 156 valence electrons. The summed E-state index contributed by atoms with van der Waals surface area (Å²) in [6, 6.07) is 0. The Hall–Kier alpha value is -2.83. The highest BCUT2D eigenvalue weighted by atomic mass is 16.5. The number of esters is 1. The summed E-state index contributed by atoms with van der Waals surface area (Å²) >= 11 is 0. The van der Waals surface area contributed by atoms with Crippen molar-refractivity contribution in [2.45, 2.75) is 46.5 Å². The summed E-state index contributed by atoms with van der Waals surface area (Å²) in [5, 5.41) is 4.66. The van der Waals surface area contributed by atoms with Crippen LogP contribution in [0.1, 0.15) is 46.5 Å². The predicted molar refractivity (Wildman–Crippen MR) is 109 cm³/mol. The molecule has 2 N–H and O–H groups in total. The SMILES string of the molecule is C=C(NC(=O)/C(C)=C/C=C/CCCCC(C)C)C(=O)N/C(=C\OC)C(=O)OC. The van der Waals surface area contributed by atoms with Gasteiger partial charge in [-0.05, 0) is 25.7 Å². The van der Waals surface area contributed by atoms with Crippen LogP contribution in [0, 0.1) is 5.92 Å². The molecule has 0 atom stereocenters. The number of methoxy groups -OCH3 is 2. The maximum Gasteiger partial charge on any atom is 0.357 e. The van der Waals surface area contributed by atoms with E-state index in [9.17, 15) is 14.4 Å². The van der Waals surface area contributed by atoms with Crippen LogP contribution < -0.4 is 10.6 Å². The zero-order valence-electron chi connectivity index (χ0n) is 17.5. The molecule has 0 aromatic rings. The number of nitrogens with one attached hydrogen (secondary N) is 2. The van der Waals surface area contributed by atoms with Gasteiger partial charge in [0.25, 0.3) is 11.8 Å². The Balaban J connectivity index is 4.54. The van der Waals surface area contributed by atoms with Crippen LogP contribution in [-0.2, 0) is 23.9 Å². The predicted octanol–water partition coefficient (Wildman–Crippen LogP) is 3.11. The highest BCUT2D eigenvalue weighted by Crippen LogP contribution is 2.08. The largest absolute Gasteiger partial charge is 0.502 e. The second kappa shape index (κ2) is 14.3. The fraction of sp³-hybridized carbons (Fsp3) is 0.476. The molecule has 0 rings (SSSR count). The summed E-state index contributed by atoms with van der Waals surface area (Å²) in [4.78, 5) is 35.7. The molecular weight excluding hydrogens is 360 g/mol. The van der Waals surface area contributed by atoms with Crippen LogP contribution in [0.2, 0.25) is 0 Å². The lowest BCUT2D eigenvalue weighted by atomic mass is 10.1. The average molecular weight is 392 g/mol. The third-order valence-electron chi connectivity index (χ3n) is 3.67. The van der Waals surface area contributed by atoms with Crippen LogP contribution in [0.5, 0.6) is 0 Å². The Morgan fingerprint density at radius 3 is 2.32 bits per heavy atom. The summed E-state index contributed by atoms with van der Waals surface area (Å²) in [5.74, 6) is -1.28. The second-order valence-electron chi connectivity index (χ2n) is 6.60. The molecular formula is C21H32N2O5. The summed E-state index contributed by atoms with van der Waals surface area (Å²) in [6.45, 7) is 9.56. The third kappa shape index (κ3) is 11.0. The molecule has 0 aromatic carbocycles. The Kier molecular flexibility index (Phi) is 12.8. The normalized spacial score (nSPS) is 12.1. The summed E-state index contributed by atoms with van der Waals surface area (Å²) in [7, 11) is 2.48. The molecule has 7 nitrogen and oxygen atoms in total. The zero-order chi connectivity index (χ0) is 21.5. The van der Waals surface area contributed by atoms with Gasteiger partial charge in [0, 0.05) is 5.57 Å². The fourth-order valence-electron chi connectivity index (χ4n) is 2.05. The van der Waals surface area contributed by atoms with Crippen molar-refractivity contribution in [3.63, 3.8) is 0 Å². The number of hydrogen-bond acceptors (Lipinski definition) is 5. The summed E-state index contributed by atoms with van der Waals surface area (Å²) in [6.07, 6.45) is 11.0. The van der Waals surface area contributed by atoms with Crippen molar-refractivity contribution in [1.29, 1.82) is 0 Å². The second-order valence-corrected chi connectivity index (χ2v) is 6.60. The molecule has 0 aliphatic rings. The Morgan fingerprint density at radius 2 is 1.75 bits per heavy atom. The molecule has 0 aliphatic carbocycles. The van der Waals surface area contributed by atoms with Crippen molar-refractivity contribution in [1.82, 2.24) is 10.6 Å².